The smallest absolute Gasteiger partial charge is 0.107 e. The summed E-state index contributed by atoms with van der Waals surface area (Å²) in [6, 6.07) is 6.04. The van der Waals surface area contributed by atoms with E-state index in [0.29, 0.717) is 11.6 Å². The van der Waals surface area contributed by atoms with Crippen molar-refractivity contribution >= 4 is 34.0 Å². The Morgan fingerprint density at radius 2 is 2.04 bits per heavy atom. The van der Waals surface area contributed by atoms with Crippen LogP contribution in [0, 0.1) is 0 Å². The Hall–Kier alpha value is -2.44. The van der Waals surface area contributed by atoms with Crippen molar-refractivity contribution in [2.75, 3.05) is 36.4 Å². The zero-order chi connectivity index (χ0) is 17.8. The van der Waals surface area contributed by atoms with Crippen molar-refractivity contribution in [1.82, 2.24) is 20.3 Å². The second-order valence-electron chi connectivity index (χ2n) is 6.34. The quantitative estimate of drug-likeness (QED) is 0.737. The fraction of sp³-hybridized carbons (Fsp3) is 0.316. The third-order valence-corrected chi connectivity index (χ3v) is 4.84. The van der Waals surface area contributed by atoms with Crippen LogP contribution in [0.2, 0.25) is 5.02 Å². The summed E-state index contributed by atoms with van der Waals surface area (Å²) in [4.78, 5) is 15.3. The van der Waals surface area contributed by atoms with Gasteiger partial charge in [0.15, 0.2) is 0 Å². The van der Waals surface area contributed by atoms with Crippen LogP contribution in [0.25, 0.3) is 11.0 Å². The van der Waals surface area contributed by atoms with Crippen molar-refractivity contribution in [3.63, 3.8) is 0 Å². The van der Waals surface area contributed by atoms with E-state index in [9.17, 15) is 0 Å². The maximum absolute atomic E-state index is 6.36. The molecule has 0 unspecified atom stereocenters. The molecule has 2 N–H and O–H groups in total. The van der Waals surface area contributed by atoms with Gasteiger partial charge in [0.2, 0.25) is 0 Å². The molecule has 1 aliphatic heterocycles. The first-order valence-corrected chi connectivity index (χ1v) is 9.22. The van der Waals surface area contributed by atoms with E-state index in [1.165, 1.54) is 5.69 Å². The standard InChI is InChI=1S/C19H21ClN6/c20-15-10-14(11-16-19(15)24-6-5-23-16)12-25-17-13-22-4-2-18(17)26-8-1-3-21-7-9-26/h2,4-6,10-11,13,21,25H,1,3,7-9,12H2. The van der Waals surface area contributed by atoms with E-state index in [-0.39, 0.29) is 0 Å². The molecule has 26 heavy (non-hydrogen) atoms. The number of nitrogens with one attached hydrogen (secondary N) is 2. The lowest BCUT2D eigenvalue weighted by Crippen LogP contribution is -2.28. The molecule has 6 nitrogen and oxygen atoms in total. The number of anilines is 2. The predicted octanol–water partition coefficient (Wildman–Crippen LogP) is 3.09. The van der Waals surface area contributed by atoms with Crippen LogP contribution in [-0.4, -0.2) is 41.1 Å². The van der Waals surface area contributed by atoms with Crippen LogP contribution in [-0.2, 0) is 6.54 Å². The first-order valence-electron chi connectivity index (χ1n) is 8.84. The molecule has 134 valence electrons. The number of aromatic nitrogens is 3. The summed E-state index contributed by atoms with van der Waals surface area (Å²) in [6.07, 6.45) is 8.21. The second kappa shape index (κ2) is 7.85. The lowest BCUT2D eigenvalue weighted by Gasteiger charge is -2.25. The van der Waals surface area contributed by atoms with Crippen molar-refractivity contribution in [2.24, 2.45) is 0 Å². The van der Waals surface area contributed by atoms with Gasteiger partial charge < -0.3 is 15.5 Å². The number of nitrogens with zero attached hydrogens (tertiary/aromatic N) is 4. The van der Waals surface area contributed by atoms with Crippen LogP contribution in [0.4, 0.5) is 11.4 Å². The maximum Gasteiger partial charge on any atom is 0.107 e. The average Bonchev–Trinajstić information content (AvgIpc) is 2.96. The average molecular weight is 369 g/mol. The van der Waals surface area contributed by atoms with Gasteiger partial charge in [-0.2, -0.15) is 0 Å². The highest BCUT2D eigenvalue weighted by Gasteiger charge is 2.13. The van der Waals surface area contributed by atoms with E-state index in [4.69, 9.17) is 11.6 Å². The van der Waals surface area contributed by atoms with E-state index in [2.05, 4.69) is 36.6 Å². The largest absolute Gasteiger partial charge is 0.378 e. The van der Waals surface area contributed by atoms with Crippen LogP contribution in [0.3, 0.4) is 0 Å². The fourth-order valence-corrected chi connectivity index (χ4v) is 3.56. The number of fused-ring (bicyclic) bond motifs is 1. The summed E-state index contributed by atoms with van der Waals surface area (Å²) in [7, 11) is 0. The molecule has 0 saturated carbocycles. The summed E-state index contributed by atoms with van der Waals surface area (Å²) in [6.45, 7) is 4.76. The van der Waals surface area contributed by atoms with Gasteiger partial charge in [-0.25, -0.2) is 0 Å². The molecule has 2 aromatic heterocycles. The Bertz CT molecular complexity index is 892. The molecule has 0 amide bonds. The summed E-state index contributed by atoms with van der Waals surface area (Å²) < 4.78 is 0. The van der Waals surface area contributed by atoms with Crippen molar-refractivity contribution in [3.05, 3.63) is 53.6 Å². The summed E-state index contributed by atoms with van der Waals surface area (Å²) >= 11 is 6.36. The lowest BCUT2D eigenvalue weighted by molar-refractivity contribution is 0.724. The van der Waals surface area contributed by atoms with Crippen LogP contribution in [0.5, 0.6) is 0 Å². The molecule has 0 bridgehead atoms. The molecule has 4 rings (SSSR count). The number of rotatable bonds is 4. The van der Waals surface area contributed by atoms with Crippen molar-refractivity contribution < 1.29 is 0 Å². The SMILES string of the molecule is Clc1cc(CNc2cnccc2N2CCCNCC2)cc2nccnc12. The monoisotopic (exact) mass is 368 g/mol. The van der Waals surface area contributed by atoms with Gasteiger partial charge in [0, 0.05) is 44.8 Å². The molecule has 1 fully saturated rings. The molecule has 7 heteroatoms. The van der Waals surface area contributed by atoms with Gasteiger partial charge in [0.05, 0.1) is 28.1 Å². The van der Waals surface area contributed by atoms with Crippen molar-refractivity contribution in [3.8, 4) is 0 Å². The molecular weight excluding hydrogens is 348 g/mol. The predicted molar refractivity (Wildman–Crippen MR) is 106 cm³/mol. The van der Waals surface area contributed by atoms with Gasteiger partial charge in [-0.3, -0.25) is 15.0 Å². The highest BCUT2D eigenvalue weighted by Crippen LogP contribution is 2.27. The van der Waals surface area contributed by atoms with Gasteiger partial charge in [-0.1, -0.05) is 11.6 Å². The number of benzene rings is 1. The summed E-state index contributed by atoms with van der Waals surface area (Å²) in [5.41, 5.74) is 4.83. The number of pyridine rings is 1. The second-order valence-corrected chi connectivity index (χ2v) is 6.75. The van der Waals surface area contributed by atoms with Gasteiger partial charge >= 0.3 is 0 Å². The molecule has 0 radical (unpaired) electrons. The van der Waals surface area contributed by atoms with Crippen LogP contribution in [0.1, 0.15) is 12.0 Å². The minimum absolute atomic E-state index is 0.623. The minimum atomic E-state index is 0.623. The Kier molecular flexibility index (Phi) is 5.13. The first-order chi connectivity index (χ1) is 12.8. The number of halogens is 1. The van der Waals surface area contributed by atoms with Crippen LogP contribution < -0.4 is 15.5 Å². The Morgan fingerprint density at radius 3 is 3.00 bits per heavy atom. The van der Waals surface area contributed by atoms with E-state index >= 15 is 0 Å². The van der Waals surface area contributed by atoms with Crippen molar-refractivity contribution in [1.29, 1.82) is 0 Å². The van der Waals surface area contributed by atoms with Gasteiger partial charge in [0.25, 0.3) is 0 Å². The molecule has 0 spiro atoms. The summed E-state index contributed by atoms with van der Waals surface area (Å²) in [5, 5.41) is 7.57. The highest BCUT2D eigenvalue weighted by molar-refractivity contribution is 6.34. The normalized spacial score (nSPS) is 15.0. The number of hydrogen-bond donors (Lipinski definition) is 2. The molecular formula is C19H21ClN6. The lowest BCUT2D eigenvalue weighted by atomic mass is 10.2. The van der Waals surface area contributed by atoms with E-state index < -0.39 is 0 Å². The molecule has 0 aliphatic carbocycles. The highest BCUT2D eigenvalue weighted by atomic mass is 35.5. The molecule has 0 atom stereocenters. The Labute approximate surface area is 157 Å². The van der Waals surface area contributed by atoms with Gasteiger partial charge in [0.1, 0.15) is 5.52 Å². The zero-order valence-electron chi connectivity index (χ0n) is 14.5. The van der Waals surface area contributed by atoms with E-state index in [1.807, 2.05) is 24.5 Å². The molecule has 1 aliphatic rings. The third kappa shape index (κ3) is 3.71. The Morgan fingerprint density at radius 1 is 1.12 bits per heavy atom. The molecule has 1 saturated heterocycles. The molecule has 3 heterocycles. The zero-order valence-corrected chi connectivity index (χ0v) is 15.2. The van der Waals surface area contributed by atoms with E-state index in [1.54, 1.807) is 12.4 Å². The fourth-order valence-electron chi connectivity index (χ4n) is 3.27. The molecule has 3 aromatic rings. The first kappa shape index (κ1) is 17.0. The number of hydrogen-bond acceptors (Lipinski definition) is 6. The Balaban J connectivity index is 1.55. The minimum Gasteiger partial charge on any atom is -0.378 e. The topological polar surface area (TPSA) is 66.0 Å². The van der Waals surface area contributed by atoms with Crippen LogP contribution >= 0.6 is 11.6 Å². The van der Waals surface area contributed by atoms with Gasteiger partial charge in [-0.05, 0) is 36.7 Å². The van der Waals surface area contributed by atoms with Crippen LogP contribution in [0.15, 0.2) is 43.0 Å². The van der Waals surface area contributed by atoms with Gasteiger partial charge in [-0.15, -0.1) is 0 Å². The van der Waals surface area contributed by atoms with Crippen molar-refractivity contribution in [2.45, 2.75) is 13.0 Å². The molecule has 1 aromatic carbocycles. The maximum atomic E-state index is 6.36. The summed E-state index contributed by atoms with van der Waals surface area (Å²) in [5.74, 6) is 0. The van der Waals surface area contributed by atoms with E-state index in [0.717, 1.165) is 54.9 Å². The third-order valence-electron chi connectivity index (χ3n) is 4.55.